The van der Waals surface area contributed by atoms with Crippen LogP contribution in [-0.4, -0.2) is 20.0 Å². The molecule has 0 radical (unpaired) electrons. The molecular weight excluding hydrogens is 223 g/mol. The number of hydrogen-bond donors (Lipinski definition) is 0. The zero-order valence-electron chi connectivity index (χ0n) is 10.4. The highest BCUT2D eigenvalue weighted by molar-refractivity contribution is 6.05. The zero-order valence-corrected chi connectivity index (χ0v) is 10.4. The second kappa shape index (κ2) is 3.72. The van der Waals surface area contributed by atoms with Gasteiger partial charge in [-0.2, -0.15) is 0 Å². The maximum Gasteiger partial charge on any atom is 0.172 e. The smallest absolute Gasteiger partial charge is 0.172 e. The molecule has 17 heavy (non-hydrogen) atoms. The van der Waals surface area contributed by atoms with E-state index in [0.717, 1.165) is 0 Å². The second-order valence-corrected chi connectivity index (χ2v) is 4.83. The summed E-state index contributed by atoms with van der Waals surface area (Å²) in [7, 11) is 2.88. The van der Waals surface area contributed by atoms with Gasteiger partial charge in [0.25, 0.3) is 0 Å². The summed E-state index contributed by atoms with van der Waals surface area (Å²) in [4.78, 5) is 12.0. The fourth-order valence-electron chi connectivity index (χ4n) is 2.47. The van der Waals surface area contributed by atoms with Gasteiger partial charge < -0.3 is 9.47 Å². The average Bonchev–Trinajstić information content (AvgIpc) is 2.49. The number of hydrogen-bond acceptors (Lipinski definition) is 3. The summed E-state index contributed by atoms with van der Waals surface area (Å²) in [6.45, 7) is 3.71. The van der Waals surface area contributed by atoms with Crippen molar-refractivity contribution in [2.75, 3.05) is 14.2 Å². The van der Waals surface area contributed by atoms with Crippen LogP contribution < -0.4 is 9.47 Å². The van der Waals surface area contributed by atoms with Gasteiger partial charge in [0.05, 0.1) is 19.8 Å². The minimum absolute atomic E-state index is 0.0975. The molecule has 4 heteroatoms. The molecular formula is C13H15FO3. The first-order valence-electron chi connectivity index (χ1n) is 5.40. The number of carbonyl (C=O) groups is 1. The van der Waals surface area contributed by atoms with Crippen LogP contribution in [0.5, 0.6) is 11.5 Å². The highest BCUT2D eigenvalue weighted by Crippen LogP contribution is 2.47. The lowest BCUT2D eigenvalue weighted by Gasteiger charge is -2.20. The van der Waals surface area contributed by atoms with E-state index in [2.05, 4.69) is 0 Å². The SMILES string of the molecule is COc1cc(F)c2c(c1OC)C(=O)CC2(C)C. The lowest BCUT2D eigenvalue weighted by molar-refractivity contribution is 0.0976. The third-order valence-corrected chi connectivity index (χ3v) is 3.18. The highest BCUT2D eigenvalue weighted by Gasteiger charge is 2.41. The van der Waals surface area contributed by atoms with E-state index in [4.69, 9.17) is 9.47 Å². The van der Waals surface area contributed by atoms with E-state index in [1.165, 1.54) is 20.3 Å². The van der Waals surface area contributed by atoms with Crippen molar-refractivity contribution in [2.24, 2.45) is 0 Å². The van der Waals surface area contributed by atoms with Crippen molar-refractivity contribution in [1.29, 1.82) is 0 Å². The average molecular weight is 238 g/mol. The minimum Gasteiger partial charge on any atom is -0.493 e. The minimum atomic E-state index is -0.490. The standard InChI is InChI=1S/C13H15FO3/c1-13(2)6-8(15)10-11(13)7(14)5-9(16-3)12(10)17-4/h5H,6H2,1-4H3. The van der Waals surface area contributed by atoms with Crippen molar-refractivity contribution in [3.63, 3.8) is 0 Å². The van der Waals surface area contributed by atoms with Gasteiger partial charge in [0.2, 0.25) is 0 Å². The number of Topliss-reactive ketones (excluding diaryl/α,β-unsaturated/α-hetero) is 1. The summed E-state index contributed by atoms with van der Waals surface area (Å²) in [5, 5.41) is 0. The number of ether oxygens (including phenoxy) is 2. The third-order valence-electron chi connectivity index (χ3n) is 3.18. The van der Waals surface area contributed by atoms with Crippen LogP contribution in [0.2, 0.25) is 0 Å². The van der Waals surface area contributed by atoms with Crippen LogP contribution in [0.25, 0.3) is 0 Å². The Bertz CT molecular complexity index is 492. The van der Waals surface area contributed by atoms with Crippen LogP contribution >= 0.6 is 0 Å². The predicted octanol–water partition coefficient (Wildman–Crippen LogP) is 2.71. The van der Waals surface area contributed by atoms with Crippen molar-refractivity contribution in [3.05, 3.63) is 23.0 Å². The van der Waals surface area contributed by atoms with Gasteiger partial charge in [-0.3, -0.25) is 4.79 Å². The van der Waals surface area contributed by atoms with Gasteiger partial charge in [0.1, 0.15) is 5.82 Å². The second-order valence-electron chi connectivity index (χ2n) is 4.83. The van der Waals surface area contributed by atoms with Crippen LogP contribution in [-0.2, 0) is 5.41 Å². The van der Waals surface area contributed by atoms with Gasteiger partial charge in [-0.25, -0.2) is 4.39 Å². The Hall–Kier alpha value is -1.58. The molecule has 0 unspecified atom stereocenters. The molecule has 0 heterocycles. The molecule has 1 aliphatic carbocycles. The highest BCUT2D eigenvalue weighted by atomic mass is 19.1. The molecule has 0 fully saturated rings. The Labute approximate surface area is 99.5 Å². The van der Waals surface area contributed by atoms with Gasteiger partial charge >= 0.3 is 0 Å². The summed E-state index contributed by atoms with van der Waals surface area (Å²) in [6, 6.07) is 1.28. The van der Waals surface area contributed by atoms with E-state index in [1.807, 2.05) is 13.8 Å². The number of methoxy groups -OCH3 is 2. The van der Waals surface area contributed by atoms with E-state index in [9.17, 15) is 9.18 Å². The van der Waals surface area contributed by atoms with Gasteiger partial charge in [-0.1, -0.05) is 13.8 Å². The molecule has 0 aromatic heterocycles. The summed E-state index contributed by atoms with van der Waals surface area (Å²) >= 11 is 0. The Morgan fingerprint density at radius 2 is 1.94 bits per heavy atom. The zero-order chi connectivity index (χ0) is 12.8. The fraction of sp³-hybridized carbons (Fsp3) is 0.462. The Kier molecular flexibility index (Phi) is 2.60. The van der Waals surface area contributed by atoms with Crippen LogP contribution in [0, 0.1) is 5.82 Å². The molecule has 0 aliphatic heterocycles. The number of fused-ring (bicyclic) bond motifs is 1. The molecule has 92 valence electrons. The molecule has 3 nitrogen and oxygen atoms in total. The monoisotopic (exact) mass is 238 g/mol. The van der Waals surface area contributed by atoms with Crippen LogP contribution in [0.4, 0.5) is 4.39 Å². The predicted molar refractivity (Wildman–Crippen MR) is 61.5 cm³/mol. The molecule has 0 amide bonds. The van der Waals surface area contributed by atoms with Crippen LogP contribution in [0.1, 0.15) is 36.2 Å². The maximum atomic E-state index is 14.0. The summed E-state index contributed by atoms with van der Waals surface area (Å²) in [5.74, 6) is 0.0856. The van der Waals surface area contributed by atoms with E-state index in [1.54, 1.807) is 0 Å². The molecule has 2 rings (SSSR count). The molecule has 0 saturated carbocycles. The lowest BCUT2D eigenvalue weighted by Crippen LogP contribution is -2.14. The first kappa shape index (κ1) is 11.9. The molecule has 0 spiro atoms. The largest absolute Gasteiger partial charge is 0.493 e. The number of ketones is 1. The van der Waals surface area contributed by atoms with Crippen molar-refractivity contribution in [2.45, 2.75) is 25.7 Å². The summed E-state index contributed by atoms with van der Waals surface area (Å²) < 4.78 is 24.3. The number of rotatable bonds is 2. The Balaban J connectivity index is 2.80. The Morgan fingerprint density at radius 1 is 1.29 bits per heavy atom. The van der Waals surface area contributed by atoms with E-state index in [-0.39, 0.29) is 11.5 Å². The summed E-state index contributed by atoms with van der Waals surface area (Å²) in [5.41, 5.74) is 0.269. The molecule has 1 aromatic carbocycles. The van der Waals surface area contributed by atoms with E-state index >= 15 is 0 Å². The molecule has 0 bridgehead atoms. The molecule has 0 saturated heterocycles. The maximum absolute atomic E-state index is 14.0. The molecule has 0 N–H and O–H groups in total. The lowest BCUT2D eigenvalue weighted by atomic mass is 9.86. The van der Waals surface area contributed by atoms with Crippen molar-refractivity contribution in [3.8, 4) is 11.5 Å². The normalized spacial score (nSPS) is 16.9. The number of carbonyl (C=O) groups excluding carboxylic acids is 1. The van der Waals surface area contributed by atoms with Crippen molar-refractivity contribution < 1.29 is 18.7 Å². The first-order valence-corrected chi connectivity index (χ1v) is 5.40. The molecule has 1 aliphatic rings. The first-order chi connectivity index (χ1) is 7.92. The number of halogens is 1. The van der Waals surface area contributed by atoms with Gasteiger partial charge in [-0.15, -0.1) is 0 Å². The van der Waals surface area contributed by atoms with E-state index in [0.29, 0.717) is 23.3 Å². The Morgan fingerprint density at radius 3 is 2.47 bits per heavy atom. The quantitative estimate of drug-likeness (QED) is 0.794. The van der Waals surface area contributed by atoms with E-state index < -0.39 is 11.2 Å². The van der Waals surface area contributed by atoms with Gasteiger partial charge in [-0.05, 0) is 0 Å². The van der Waals surface area contributed by atoms with Gasteiger partial charge in [0.15, 0.2) is 17.3 Å². The topological polar surface area (TPSA) is 35.5 Å². The third kappa shape index (κ3) is 1.59. The van der Waals surface area contributed by atoms with Crippen molar-refractivity contribution in [1.82, 2.24) is 0 Å². The van der Waals surface area contributed by atoms with Crippen LogP contribution in [0.15, 0.2) is 6.07 Å². The van der Waals surface area contributed by atoms with Crippen LogP contribution in [0.3, 0.4) is 0 Å². The fourth-order valence-corrected chi connectivity index (χ4v) is 2.47. The van der Waals surface area contributed by atoms with Crippen molar-refractivity contribution >= 4 is 5.78 Å². The summed E-state index contributed by atoms with van der Waals surface area (Å²) in [6.07, 6.45) is 0.294. The number of benzene rings is 1. The molecule has 0 atom stereocenters. The molecule has 1 aromatic rings. The van der Waals surface area contributed by atoms with Gasteiger partial charge in [0, 0.05) is 23.5 Å².